The minimum absolute atomic E-state index is 0.267. The van der Waals surface area contributed by atoms with Crippen LogP contribution < -0.4 is 0 Å². The Morgan fingerprint density at radius 3 is 2.25 bits per heavy atom. The fourth-order valence-electron chi connectivity index (χ4n) is 7.02. The van der Waals surface area contributed by atoms with Crippen molar-refractivity contribution in [1.29, 1.82) is 0 Å². The Kier molecular flexibility index (Phi) is 5.97. The molecule has 0 saturated heterocycles. The lowest BCUT2D eigenvalue weighted by Gasteiger charge is -2.45. The third-order valence-corrected chi connectivity index (χ3v) is 9.08. The van der Waals surface area contributed by atoms with Crippen LogP contribution in [0.5, 0.6) is 0 Å². The van der Waals surface area contributed by atoms with Gasteiger partial charge in [0.1, 0.15) is 5.54 Å². The molecule has 0 amide bonds. The van der Waals surface area contributed by atoms with Crippen LogP contribution in [-0.4, -0.2) is 24.8 Å². The quantitative estimate of drug-likeness (QED) is 0.299. The summed E-state index contributed by atoms with van der Waals surface area (Å²) >= 11 is 0. The maximum absolute atomic E-state index is 4.85. The lowest BCUT2D eigenvalue weighted by atomic mass is 9.66. The maximum Gasteiger partial charge on any atom is 0.177 e. The monoisotopic (exact) mass is 481 g/mol. The van der Waals surface area contributed by atoms with Crippen LogP contribution in [0.25, 0.3) is 22.2 Å². The highest BCUT2D eigenvalue weighted by Crippen LogP contribution is 2.50. The summed E-state index contributed by atoms with van der Waals surface area (Å²) in [7, 11) is 0. The Hall–Kier alpha value is -2.95. The fraction of sp³-hybridized carbons (Fsp3) is 0.516. The van der Waals surface area contributed by atoms with Gasteiger partial charge >= 0.3 is 0 Å². The van der Waals surface area contributed by atoms with Crippen molar-refractivity contribution in [3.63, 3.8) is 0 Å². The van der Waals surface area contributed by atoms with E-state index in [2.05, 4.69) is 101 Å². The minimum Gasteiger partial charge on any atom is -0.327 e. The molecule has 0 spiro atoms. The van der Waals surface area contributed by atoms with Gasteiger partial charge in [0.15, 0.2) is 5.82 Å². The van der Waals surface area contributed by atoms with Gasteiger partial charge in [-0.2, -0.15) is 0 Å². The van der Waals surface area contributed by atoms with Crippen LogP contribution in [-0.2, 0) is 5.54 Å². The molecule has 5 nitrogen and oxygen atoms in total. The van der Waals surface area contributed by atoms with Gasteiger partial charge < -0.3 is 4.57 Å². The molecule has 2 aliphatic carbocycles. The summed E-state index contributed by atoms with van der Waals surface area (Å²) < 4.78 is 4.86. The molecule has 5 heteroatoms. The van der Waals surface area contributed by atoms with Crippen LogP contribution in [0.15, 0.2) is 60.7 Å². The molecule has 188 valence electrons. The number of tetrazole rings is 1. The van der Waals surface area contributed by atoms with Gasteiger partial charge in [0.2, 0.25) is 0 Å². The van der Waals surface area contributed by atoms with Gasteiger partial charge in [0, 0.05) is 10.9 Å². The van der Waals surface area contributed by atoms with E-state index >= 15 is 0 Å². The molecule has 0 aliphatic heterocycles. The van der Waals surface area contributed by atoms with Crippen molar-refractivity contribution in [2.24, 2.45) is 11.3 Å². The summed E-state index contributed by atoms with van der Waals surface area (Å²) in [6.45, 7) is 7.20. The third kappa shape index (κ3) is 3.97. The molecular weight excluding hydrogens is 442 g/mol. The van der Waals surface area contributed by atoms with Crippen LogP contribution in [0.3, 0.4) is 0 Å². The van der Waals surface area contributed by atoms with Gasteiger partial charge in [-0.05, 0) is 78.0 Å². The van der Waals surface area contributed by atoms with Gasteiger partial charge in [-0.15, -0.1) is 5.10 Å². The van der Waals surface area contributed by atoms with Gasteiger partial charge in [0.05, 0.1) is 11.7 Å². The Morgan fingerprint density at radius 2 is 1.53 bits per heavy atom. The van der Waals surface area contributed by atoms with E-state index in [9.17, 15) is 0 Å². The molecule has 0 bridgehead atoms. The first-order valence-electron chi connectivity index (χ1n) is 13.9. The predicted octanol–water partition coefficient (Wildman–Crippen LogP) is 7.78. The second kappa shape index (κ2) is 9.17. The van der Waals surface area contributed by atoms with E-state index in [0.717, 1.165) is 18.7 Å². The highest BCUT2D eigenvalue weighted by atomic mass is 15.6. The average Bonchev–Trinajstić information content (AvgIpc) is 3.55. The predicted molar refractivity (Wildman–Crippen MR) is 146 cm³/mol. The fourth-order valence-corrected chi connectivity index (χ4v) is 7.02. The first-order valence-corrected chi connectivity index (χ1v) is 13.9. The number of rotatable bonds is 4. The minimum atomic E-state index is -0.267. The van der Waals surface area contributed by atoms with Crippen molar-refractivity contribution >= 4 is 10.9 Å². The normalized spacial score (nSPS) is 23.8. The largest absolute Gasteiger partial charge is 0.327 e. The van der Waals surface area contributed by atoms with Crippen LogP contribution in [0.1, 0.15) is 90.4 Å². The van der Waals surface area contributed by atoms with Crippen molar-refractivity contribution in [2.45, 2.75) is 90.1 Å². The maximum atomic E-state index is 4.85. The number of fused-ring (bicyclic) bond motifs is 1. The summed E-state index contributed by atoms with van der Waals surface area (Å²) in [6, 6.07) is 22.5. The Bertz CT molecular complexity index is 1310. The molecule has 0 N–H and O–H groups in total. The van der Waals surface area contributed by atoms with Gasteiger partial charge in [-0.25, -0.2) is 4.68 Å². The average molecular weight is 482 g/mol. The Balaban J connectivity index is 1.57. The first kappa shape index (κ1) is 23.4. The second-order valence-corrected chi connectivity index (χ2v) is 12.2. The van der Waals surface area contributed by atoms with Crippen molar-refractivity contribution in [3.8, 4) is 11.3 Å². The molecule has 36 heavy (non-hydrogen) atoms. The number of hydrogen-bond donors (Lipinski definition) is 0. The van der Waals surface area contributed by atoms with E-state index in [1.807, 2.05) is 0 Å². The van der Waals surface area contributed by atoms with E-state index in [4.69, 9.17) is 5.10 Å². The van der Waals surface area contributed by atoms with E-state index < -0.39 is 0 Å². The van der Waals surface area contributed by atoms with E-state index in [0.29, 0.717) is 17.4 Å². The molecular formula is C31H39N5. The number of hydrogen-bond acceptors (Lipinski definition) is 3. The number of nitrogens with zero attached hydrogens (tertiary/aromatic N) is 5. The molecule has 4 aromatic rings. The first-order chi connectivity index (χ1) is 17.5. The molecule has 0 radical (unpaired) electrons. The molecule has 2 aromatic heterocycles. The van der Waals surface area contributed by atoms with Gasteiger partial charge in [0.25, 0.3) is 0 Å². The molecule has 0 unspecified atom stereocenters. The highest BCUT2D eigenvalue weighted by Gasteiger charge is 2.47. The van der Waals surface area contributed by atoms with Crippen molar-refractivity contribution in [2.75, 3.05) is 0 Å². The molecule has 2 fully saturated rings. The highest BCUT2D eigenvalue weighted by molar-refractivity contribution is 5.87. The zero-order valence-electron chi connectivity index (χ0n) is 22.0. The zero-order valence-corrected chi connectivity index (χ0v) is 22.0. The smallest absolute Gasteiger partial charge is 0.177 e. The van der Waals surface area contributed by atoms with Gasteiger partial charge in [-0.3, -0.25) is 0 Å². The van der Waals surface area contributed by atoms with E-state index in [1.54, 1.807) is 0 Å². The molecule has 2 saturated carbocycles. The number of para-hydroxylation sites is 1. The van der Waals surface area contributed by atoms with Crippen LogP contribution >= 0.6 is 0 Å². The van der Waals surface area contributed by atoms with Crippen LogP contribution in [0.2, 0.25) is 0 Å². The summed E-state index contributed by atoms with van der Waals surface area (Å²) in [6.07, 6.45) is 10.7. The number of benzene rings is 2. The zero-order chi connectivity index (χ0) is 24.8. The van der Waals surface area contributed by atoms with Crippen molar-refractivity contribution in [1.82, 2.24) is 24.8 Å². The van der Waals surface area contributed by atoms with Crippen molar-refractivity contribution < 1.29 is 0 Å². The molecule has 6 rings (SSSR count). The molecule has 0 atom stereocenters. The van der Waals surface area contributed by atoms with Crippen molar-refractivity contribution in [3.05, 3.63) is 66.5 Å². The lowest BCUT2D eigenvalue weighted by molar-refractivity contribution is 0.109. The summed E-state index contributed by atoms with van der Waals surface area (Å²) in [4.78, 5) is 0. The van der Waals surface area contributed by atoms with E-state index in [1.165, 1.54) is 67.1 Å². The molecule has 2 aromatic carbocycles. The van der Waals surface area contributed by atoms with Gasteiger partial charge in [-0.1, -0.05) is 88.6 Å². The number of aromatic nitrogens is 5. The Morgan fingerprint density at radius 1 is 0.833 bits per heavy atom. The summed E-state index contributed by atoms with van der Waals surface area (Å²) in [5.74, 6) is 1.77. The SMILES string of the molecule is CC(C)(C)C1CCC(c2nnnn2C2CCCCC2)(n2c(-c3ccccc3)cc3ccccc32)CC1. The molecule has 2 heterocycles. The van der Waals surface area contributed by atoms with Crippen LogP contribution in [0, 0.1) is 11.3 Å². The summed E-state index contributed by atoms with van der Waals surface area (Å²) in [5.41, 5.74) is 3.84. The lowest BCUT2D eigenvalue weighted by Crippen LogP contribution is -2.44. The third-order valence-electron chi connectivity index (χ3n) is 9.08. The summed E-state index contributed by atoms with van der Waals surface area (Å²) in [5, 5.41) is 15.1. The topological polar surface area (TPSA) is 48.5 Å². The Labute approximate surface area is 214 Å². The van der Waals surface area contributed by atoms with Crippen LogP contribution in [0.4, 0.5) is 0 Å². The standard InChI is InChI=1S/C31H39N5/c1-30(2,3)25-18-20-31(21-19-25,29-32-33-34-36(29)26-15-8-5-9-16-26)35-27-17-11-10-14-24(27)22-28(35)23-12-6-4-7-13-23/h4,6-7,10-14,17,22,25-26H,5,8-9,15-16,18-21H2,1-3H3. The molecule has 2 aliphatic rings. The second-order valence-electron chi connectivity index (χ2n) is 12.2. The van der Waals surface area contributed by atoms with E-state index in [-0.39, 0.29) is 5.54 Å².